The van der Waals surface area contributed by atoms with Gasteiger partial charge in [0.1, 0.15) is 11.6 Å². The van der Waals surface area contributed by atoms with Crippen LogP contribution in [0, 0.1) is 5.82 Å². The third-order valence-electron chi connectivity index (χ3n) is 3.30. The Kier molecular flexibility index (Phi) is 3.17. The number of aromatic nitrogens is 1. The van der Waals surface area contributed by atoms with Crippen molar-refractivity contribution >= 4 is 6.08 Å². The van der Waals surface area contributed by atoms with E-state index < -0.39 is 0 Å². The second-order valence-electron chi connectivity index (χ2n) is 4.68. The number of halogens is 1. The number of hydrogen-bond acceptors (Lipinski definition) is 3. The molecule has 0 saturated heterocycles. The summed E-state index contributed by atoms with van der Waals surface area (Å²) in [6, 6.07) is 6.73. The van der Waals surface area contributed by atoms with E-state index in [1.165, 1.54) is 12.1 Å². The Morgan fingerprint density at radius 1 is 1.37 bits per heavy atom. The molecular weight excluding hydrogens is 243 g/mol. The molecule has 1 aliphatic carbocycles. The molecule has 1 aliphatic rings. The number of hydrogen-bond donors (Lipinski definition) is 1. The zero-order valence-corrected chi connectivity index (χ0v) is 10.7. The Hall–Kier alpha value is -1.94. The van der Waals surface area contributed by atoms with Crippen molar-refractivity contribution in [3.8, 4) is 0 Å². The Balaban J connectivity index is 1.79. The molecule has 1 atom stereocenters. The van der Waals surface area contributed by atoms with Gasteiger partial charge in [-0.3, -0.25) is 0 Å². The average Bonchev–Trinajstić information content (AvgIpc) is 2.82. The van der Waals surface area contributed by atoms with Crippen molar-refractivity contribution < 1.29 is 8.81 Å². The van der Waals surface area contributed by atoms with Crippen molar-refractivity contribution in [3.05, 3.63) is 59.1 Å². The van der Waals surface area contributed by atoms with Gasteiger partial charge in [-0.25, -0.2) is 9.37 Å². The number of nitrogens with zero attached hydrogens (tertiary/aromatic N) is 1. The van der Waals surface area contributed by atoms with Gasteiger partial charge in [0, 0.05) is 18.9 Å². The standard InChI is InChI=1S/C15H15FN2O/c1-17-12-6-7-14-13(9-12)18-15(19-14)8-10-2-4-11(16)5-3-10/h2-7,12,17H,8-9H2,1H3. The van der Waals surface area contributed by atoms with Gasteiger partial charge in [-0.15, -0.1) is 0 Å². The molecule has 3 rings (SSSR count). The largest absolute Gasteiger partial charge is 0.441 e. The Morgan fingerprint density at radius 3 is 2.89 bits per heavy atom. The predicted molar refractivity (Wildman–Crippen MR) is 71.3 cm³/mol. The molecule has 0 fully saturated rings. The third kappa shape index (κ3) is 2.58. The van der Waals surface area contributed by atoms with Crippen LogP contribution in [0.3, 0.4) is 0 Å². The first-order valence-electron chi connectivity index (χ1n) is 6.33. The first-order chi connectivity index (χ1) is 9.24. The molecule has 0 aliphatic heterocycles. The number of oxazole rings is 1. The van der Waals surface area contributed by atoms with Gasteiger partial charge < -0.3 is 9.73 Å². The zero-order valence-electron chi connectivity index (χ0n) is 10.7. The first-order valence-corrected chi connectivity index (χ1v) is 6.33. The Labute approximate surface area is 111 Å². The van der Waals surface area contributed by atoms with Crippen LogP contribution in [-0.4, -0.2) is 18.1 Å². The zero-order chi connectivity index (χ0) is 13.2. The summed E-state index contributed by atoms with van der Waals surface area (Å²) in [7, 11) is 1.93. The number of nitrogens with one attached hydrogen (secondary N) is 1. The molecule has 0 bridgehead atoms. The minimum Gasteiger partial charge on any atom is -0.441 e. The lowest BCUT2D eigenvalue weighted by molar-refractivity contribution is 0.495. The highest BCUT2D eigenvalue weighted by molar-refractivity contribution is 5.50. The highest BCUT2D eigenvalue weighted by Crippen LogP contribution is 2.21. The van der Waals surface area contributed by atoms with E-state index >= 15 is 0 Å². The minimum atomic E-state index is -0.227. The summed E-state index contributed by atoms with van der Waals surface area (Å²) in [6.45, 7) is 0. The van der Waals surface area contributed by atoms with E-state index in [2.05, 4.69) is 16.4 Å². The second-order valence-corrected chi connectivity index (χ2v) is 4.68. The fourth-order valence-corrected chi connectivity index (χ4v) is 2.22. The summed E-state index contributed by atoms with van der Waals surface area (Å²) in [4.78, 5) is 4.52. The van der Waals surface area contributed by atoms with Crippen molar-refractivity contribution in [2.45, 2.75) is 18.9 Å². The first kappa shape index (κ1) is 12.1. The maximum Gasteiger partial charge on any atom is 0.199 e. The number of benzene rings is 1. The Bertz CT molecular complexity index is 601. The van der Waals surface area contributed by atoms with E-state index in [9.17, 15) is 4.39 Å². The molecule has 19 heavy (non-hydrogen) atoms. The maximum absolute atomic E-state index is 12.8. The van der Waals surface area contributed by atoms with E-state index in [1.807, 2.05) is 13.1 Å². The monoisotopic (exact) mass is 258 g/mol. The lowest BCUT2D eigenvalue weighted by Gasteiger charge is -2.13. The molecule has 1 aromatic heterocycles. The third-order valence-corrected chi connectivity index (χ3v) is 3.30. The van der Waals surface area contributed by atoms with Crippen molar-refractivity contribution in [2.75, 3.05) is 7.05 Å². The number of likely N-dealkylation sites (N-methyl/N-ethyl adjacent to an activating group) is 1. The molecule has 0 radical (unpaired) electrons. The topological polar surface area (TPSA) is 38.1 Å². The summed E-state index contributed by atoms with van der Waals surface area (Å²) in [5, 5.41) is 3.20. The van der Waals surface area contributed by atoms with Gasteiger partial charge >= 0.3 is 0 Å². The van der Waals surface area contributed by atoms with E-state index in [0.29, 0.717) is 18.4 Å². The molecule has 1 aromatic carbocycles. The average molecular weight is 258 g/mol. The van der Waals surface area contributed by atoms with Crippen LogP contribution in [0.1, 0.15) is 22.9 Å². The van der Waals surface area contributed by atoms with E-state index in [1.54, 1.807) is 12.1 Å². The van der Waals surface area contributed by atoms with Gasteiger partial charge in [-0.2, -0.15) is 0 Å². The molecule has 0 spiro atoms. The fraction of sp³-hybridized carbons (Fsp3) is 0.267. The summed E-state index contributed by atoms with van der Waals surface area (Å²) in [6.07, 6.45) is 5.47. The molecular formula is C15H15FN2O. The van der Waals surface area contributed by atoms with Crippen molar-refractivity contribution in [1.29, 1.82) is 0 Å². The van der Waals surface area contributed by atoms with Crippen LogP contribution < -0.4 is 5.32 Å². The normalized spacial score (nSPS) is 17.5. The van der Waals surface area contributed by atoms with Crippen LogP contribution in [0.5, 0.6) is 0 Å². The highest BCUT2D eigenvalue weighted by Gasteiger charge is 2.18. The summed E-state index contributed by atoms with van der Waals surface area (Å²) in [5.74, 6) is 1.29. The van der Waals surface area contributed by atoms with Crippen molar-refractivity contribution in [3.63, 3.8) is 0 Å². The second kappa shape index (κ2) is 4.97. The predicted octanol–water partition coefficient (Wildman–Crippen LogP) is 2.56. The number of fused-ring (bicyclic) bond motifs is 1. The number of rotatable bonds is 3. The SMILES string of the molecule is CNC1C=Cc2oc(Cc3ccc(F)cc3)nc2C1. The lowest BCUT2D eigenvalue weighted by atomic mass is 10.0. The molecule has 2 aromatic rings. The van der Waals surface area contributed by atoms with Crippen LogP contribution in [0.15, 0.2) is 34.8 Å². The van der Waals surface area contributed by atoms with Crippen molar-refractivity contribution in [2.24, 2.45) is 0 Å². The van der Waals surface area contributed by atoms with Gasteiger partial charge in [-0.1, -0.05) is 18.2 Å². The van der Waals surface area contributed by atoms with Crippen LogP contribution in [0.2, 0.25) is 0 Å². The van der Waals surface area contributed by atoms with Gasteiger partial charge in [0.2, 0.25) is 0 Å². The van der Waals surface area contributed by atoms with Crippen molar-refractivity contribution in [1.82, 2.24) is 10.3 Å². The molecule has 0 amide bonds. The summed E-state index contributed by atoms with van der Waals surface area (Å²) >= 11 is 0. The fourth-order valence-electron chi connectivity index (χ4n) is 2.22. The Morgan fingerprint density at radius 2 is 2.16 bits per heavy atom. The van der Waals surface area contributed by atoms with E-state index in [4.69, 9.17) is 4.42 Å². The molecule has 4 heteroatoms. The molecule has 1 N–H and O–H groups in total. The molecule has 1 unspecified atom stereocenters. The lowest BCUT2D eigenvalue weighted by Crippen LogP contribution is -2.27. The van der Waals surface area contributed by atoms with Gasteiger partial charge in [0.25, 0.3) is 0 Å². The van der Waals surface area contributed by atoms with Crippen LogP contribution >= 0.6 is 0 Å². The smallest absolute Gasteiger partial charge is 0.199 e. The summed E-state index contributed by atoms with van der Waals surface area (Å²) < 4.78 is 18.6. The molecule has 0 saturated carbocycles. The van der Waals surface area contributed by atoms with E-state index in [0.717, 1.165) is 23.4 Å². The summed E-state index contributed by atoms with van der Waals surface area (Å²) in [5.41, 5.74) is 1.98. The van der Waals surface area contributed by atoms with Gasteiger partial charge in [0.15, 0.2) is 5.89 Å². The minimum absolute atomic E-state index is 0.227. The quantitative estimate of drug-likeness (QED) is 0.919. The van der Waals surface area contributed by atoms with Crippen LogP contribution in [0.25, 0.3) is 6.08 Å². The molecule has 3 nitrogen and oxygen atoms in total. The van der Waals surface area contributed by atoms with Crippen LogP contribution in [-0.2, 0) is 12.8 Å². The molecule has 98 valence electrons. The van der Waals surface area contributed by atoms with Crippen LogP contribution in [0.4, 0.5) is 4.39 Å². The van der Waals surface area contributed by atoms with E-state index in [-0.39, 0.29) is 5.82 Å². The van der Waals surface area contributed by atoms with Gasteiger partial charge in [0.05, 0.1) is 5.69 Å². The highest BCUT2D eigenvalue weighted by atomic mass is 19.1. The maximum atomic E-state index is 12.8. The van der Waals surface area contributed by atoms with Gasteiger partial charge in [-0.05, 0) is 30.8 Å². The molecule has 1 heterocycles.